The number of alkyl halides is 5. The first-order chi connectivity index (χ1) is 7.26. The monoisotopic (exact) mass is 240 g/mol. The fourth-order valence-electron chi connectivity index (χ4n) is 0.881. The highest BCUT2D eigenvalue weighted by Gasteiger charge is 2.61. The van der Waals surface area contributed by atoms with Crippen LogP contribution in [0.2, 0.25) is 0 Å². The van der Waals surface area contributed by atoms with Gasteiger partial charge in [0.2, 0.25) is 0 Å². The minimum Gasteiger partial charge on any atom is -0.426 e. The minimum atomic E-state index is -5.75. The summed E-state index contributed by atoms with van der Waals surface area (Å²) in [7, 11) is 0. The lowest BCUT2D eigenvalue weighted by Crippen LogP contribution is -2.41. The van der Waals surface area contributed by atoms with Crippen LogP contribution in [-0.4, -0.2) is 12.3 Å². The average Bonchev–Trinajstić information content (AvgIpc) is 2.16. The standard InChI is InChI=1S/C9H7F5NO/c10-8(11,12)9(13,14)16-7-3-1-6(5-15)2-4-7/h1-4,15H,5H2. The van der Waals surface area contributed by atoms with E-state index in [-0.39, 0.29) is 6.54 Å². The van der Waals surface area contributed by atoms with Gasteiger partial charge in [-0.3, -0.25) is 5.73 Å². The van der Waals surface area contributed by atoms with Crippen LogP contribution in [0.4, 0.5) is 22.0 Å². The zero-order valence-corrected chi connectivity index (χ0v) is 7.81. The van der Waals surface area contributed by atoms with E-state index < -0.39 is 18.0 Å². The van der Waals surface area contributed by atoms with Crippen molar-refractivity contribution >= 4 is 0 Å². The Kier molecular flexibility index (Phi) is 3.37. The Morgan fingerprint density at radius 2 is 1.50 bits per heavy atom. The number of benzene rings is 1. The van der Waals surface area contributed by atoms with Crippen LogP contribution in [-0.2, 0) is 6.54 Å². The van der Waals surface area contributed by atoms with Crippen LogP contribution in [0.25, 0.3) is 0 Å². The van der Waals surface area contributed by atoms with Gasteiger partial charge in [0.25, 0.3) is 0 Å². The van der Waals surface area contributed by atoms with E-state index in [2.05, 4.69) is 4.74 Å². The second-order valence-corrected chi connectivity index (χ2v) is 2.94. The summed E-state index contributed by atoms with van der Waals surface area (Å²) in [5.74, 6) is -0.598. The van der Waals surface area contributed by atoms with Crippen LogP contribution in [0.5, 0.6) is 5.75 Å². The molecule has 0 unspecified atom stereocenters. The SMILES string of the molecule is [NH]Cc1ccc(OC(F)(F)C(F)(F)F)cc1. The molecule has 16 heavy (non-hydrogen) atoms. The third-order valence-electron chi connectivity index (χ3n) is 1.70. The molecule has 0 amide bonds. The van der Waals surface area contributed by atoms with Crippen molar-refractivity contribution in [1.29, 1.82) is 0 Å². The summed E-state index contributed by atoms with van der Waals surface area (Å²) in [6, 6.07) is 4.41. The molecule has 0 aliphatic heterocycles. The molecule has 0 bridgehead atoms. The fraction of sp³-hybridized carbons (Fsp3) is 0.333. The number of nitrogens with one attached hydrogen (secondary N) is 1. The summed E-state index contributed by atoms with van der Waals surface area (Å²) in [6.07, 6.45) is -11.0. The quantitative estimate of drug-likeness (QED) is 0.747. The van der Waals surface area contributed by atoms with Crippen LogP contribution in [0.1, 0.15) is 5.56 Å². The van der Waals surface area contributed by atoms with Gasteiger partial charge in [-0.25, -0.2) is 0 Å². The van der Waals surface area contributed by atoms with Crippen molar-refractivity contribution in [3.8, 4) is 5.75 Å². The Balaban J connectivity index is 2.80. The summed E-state index contributed by atoms with van der Waals surface area (Å²) < 4.78 is 63.7. The summed E-state index contributed by atoms with van der Waals surface area (Å²) in [4.78, 5) is 0. The lowest BCUT2D eigenvalue weighted by atomic mass is 10.2. The van der Waals surface area contributed by atoms with Crippen LogP contribution < -0.4 is 10.5 Å². The molecule has 0 saturated heterocycles. The molecular formula is C9H7F5NO. The molecule has 0 saturated carbocycles. The van der Waals surface area contributed by atoms with E-state index in [1.54, 1.807) is 0 Å². The van der Waals surface area contributed by atoms with E-state index in [0.29, 0.717) is 5.56 Å². The highest BCUT2D eigenvalue weighted by Crippen LogP contribution is 2.37. The summed E-state index contributed by atoms with van der Waals surface area (Å²) in [5.41, 5.74) is 7.41. The van der Waals surface area contributed by atoms with Gasteiger partial charge >= 0.3 is 12.3 Å². The first kappa shape index (κ1) is 12.7. The third kappa shape index (κ3) is 2.82. The first-order valence-electron chi connectivity index (χ1n) is 4.13. The minimum absolute atomic E-state index is 0.0874. The Labute approximate surface area is 87.8 Å². The Morgan fingerprint density at radius 1 is 1.00 bits per heavy atom. The van der Waals surface area contributed by atoms with E-state index in [1.807, 2.05) is 0 Å². The van der Waals surface area contributed by atoms with Gasteiger partial charge in [0.05, 0.1) is 0 Å². The fourth-order valence-corrected chi connectivity index (χ4v) is 0.881. The van der Waals surface area contributed by atoms with Gasteiger partial charge in [-0.2, -0.15) is 22.0 Å². The molecule has 2 nitrogen and oxygen atoms in total. The zero-order chi connectivity index (χ0) is 12.4. The maximum absolute atomic E-state index is 12.4. The normalized spacial score (nSPS) is 12.6. The van der Waals surface area contributed by atoms with Crippen LogP contribution >= 0.6 is 0 Å². The number of ether oxygens (including phenoxy) is 1. The first-order valence-corrected chi connectivity index (χ1v) is 4.13. The zero-order valence-electron chi connectivity index (χ0n) is 7.81. The molecule has 1 radical (unpaired) electrons. The topological polar surface area (TPSA) is 33.0 Å². The van der Waals surface area contributed by atoms with Crippen molar-refractivity contribution < 1.29 is 26.7 Å². The number of hydrogen-bond acceptors (Lipinski definition) is 1. The van der Waals surface area contributed by atoms with Crippen LogP contribution in [0.15, 0.2) is 24.3 Å². The van der Waals surface area contributed by atoms with Crippen molar-refractivity contribution in [3.05, 3.63) is 29.8 Å². The number of halogens is 5. The molecule has 1 aromatic carbocycles. The molecule has 0 atom stereocenters. The van der Waals surface area contributed by atoms with Crippen molar-refractivity contribution in [1.82, 2.24) is 5.73 Å². The van der Waals surface area contributed by atoms with Crippen molar-refractivity contribution in [2.24, 2.45) is 0 Å². The second kappa shape index (κ2) is 4.25. The van der Waals surface area contributed by atoms with E-state index in [4.69, 9.17) is 5.73 Å². The lowest BCUT2D eigenvalue weighted by molar-refractivity contribution is -0.360. The molecule has 1 aromatic rings. The molecule has 0 aromatic heterocycles. The van der Waals surface area contributed by atoms with Gasteiger partial charge in [-0.15, -0.1) is 0 Å². The maximum Gasteiger partial charge on any atom is 0.499 e. The van der Waals surface area contributed by atoms with Gasteiger partial charge in [-0.1, -0.05) is 12.1 Å². The van der Waals surface area contributed by atoms with Crippen molar-refractivity contribution in [3.63, 3.8) is 0 Å². The molecular weight excluding hydrogens is 233 g/mol. The molecule has 0 aliphatic carbocycles. The molecule has 0 aliphatic rings. The summed E-state index contributed by atoms with van der Waals surface area (Å²) in [5, 5.41) is 0. The Hall–Kier alpha value is -1.37. The lowest BCUT2D eigenvalue weighted by Gasteiger charge is -2.20. The van der Waals surface area contributed by atoms with Crippen LogP contribution in [0.3, 0.4) is 0 Å². The van der Waals surface area contributed by atoms with Crippen molar-refractivity contribution in [2.75, 3.05) is 0 Å². The highest BCUT2D eigenvalue weighted by molar-refractivity contribution is 5.27. The van der Waals surface area contributed by atoms with E-state index >= 15 is 0 Å². The Morgan fingerprint density at radius 3 is 1.88 bits per heavy atom. The molecule has 7 heteroatoms. The molecule has 0 heterocycles. The highest BCUT2D eigenvalue weighted by atomic mass is 19.4. The summed E-state index contributed by atoms with van der Waals surface area (Å²) >= 11 is 0. The van der Waals surface area contributed by atoms with E-state index in [1.165, 1.54) is 12.1 Å². The van der Waals surface area contributed by atoms with Gasteiger partial charge in [-0.05, 0) is 17.7 Å². The van der Waals surface area contributed by atoms with Gasteiger partial charge < -0.3 is 4.74 Å². The third-order valence-corrected chi connectivity index (χ3v) is 1.70. The molecule has 0 spiro atoms. The maximum atomic E-state index is 12.4. The average molecular weight is 240 g/mol. The molecule has 1 N–H and O–H groups in total. The van der Waals surface area contributed by atoms with Gasteiger partial charge in [0.15, 0.2) is 0 Å². The predicted molar refractivity (Wildman–Crippen MR) is 44.9 cm³/mol. The number of rotatable bonds is 3. The van der Waals surface area contributed by atoms with Crippen molar-refractivity contribution in [2.45, 2.75) is 18.8 Å². The van der Waals surface area contributed by atoms with Crippen LogP contribution in [0, 0.1) is 0 Å². The van der Waals surface area contributed by atoms with Gasteiger partial charge in [0.1, 0.15) is 5.75 Å². The second-order valence-electron chi connectivity index (χ2n) is 2.94. The van der Waals surface area contributed by atoms with Gasteiger partial charge in [0, 0.05) is 6.54 Å². The molecule has 89 valence electrons. The largest absolute Gasteiger partial charge is 0.499 e. The van der Waals surface area contributed by atoms with E-state index in [9.17, 15) is 22.0 Å². The summed E-state index contributed by atoms with van der Waals surface area (Å²) in [6.45, 7) is -0.0874. The number of hydrogen-bond donors (Lipinski definition) is 0. The Bertz CT molecular complexity index is 346. The molecule has 1 rings (SSSR count). The molecule has 0 fully saturated rings. The predicted octanol–water partition coefficient (Wildman–Crippen LogP) is 3.00. The van der Waals surface area contributed by atoms with E-state index in [0.717, 1.165) is 12.1 Å². The smallest absolute Gasteiger partial charge is 0.426 e.